The predicted octanol–water partition coefficient (Wildman–Crippen LogP) is 4.53. The lowest BCUT2D eigenvalue weighted by molar-refractivity contribution is -0.528. The van der Waals surface area contributed by atoms with Crippen molar-refractivity contribution in [2.75, 3.05) is 11.9 Å². The molecule has 2 heterocycles. The Morgan fingerprint density at radius 2 is 1.97 bits per heavy atom. The first kappa shape index (κ1) is 23.1. The van der Waals surface area contributed by atoms with Crippen LogP contribution in [0.15, 0.2) is 30.3 Å². The molecule has 34 heavy (non-hydrogen) atoms. The number of anilines is 1. The summed E-state index contributed by atoms with van der Waals surface area (Å²) in [6.45, 7) is 0.263. The Hall–Kier alpha value is -2.62. The summed E-state index contributed by atoms with van der Waals surface area (Å²) in [4.78, 5) is 39.0. The van der Waals surface area contributed by atoms with Gasteiger partial charge in [0, 0.05) is 34.7 Å². The molecule has 1 aliphatic carbocycles. The average molecular weight is 510 g/mol. The molecule has 0 unspecified atom stereocenters. The van der Waals surface area contributed by atoms with Gasteiger partial charge in [0.1, 0.15) is 23.5 Å². The Balaban J connectivity index is 1.86. The molecule has 1 N–H and O–H groups in total. The van der Waals surface area contributed by atoms with E-state index in [4.69, 9.17) is 23.2 Å². The molecular formula is C23H19Cl2F2N3O4. The number of amides is 1. The summed E-state index contributed by atoms with van der Waals surface area (Å²) in [5.74, 6) is -3.60. The van der Waals surface area contributed by atoms with E-state index in [1.54, 1.807) is 4.90 Å². The van der Waals surface area contributed by atoms with Crippen LogP contribution in [0.1, 0.15) is 36.3 Å². The average Bonchev–Trinajstić information content (AvgIpc) is 3.50. The van der Waals surface area contributed by atoms with Crippen LogP contribution in [-0.2, 0) is 15.1 Å². The van der Waals surface area contributed by atoms with E-state index in [0.717, 1.165) is 18.9 Å². The Labute approximate surface area is 203 Å². The van der Waals surface area contributed by atoms with Gasteiger partial charge in [-0.25, -0.2) is 8.78 Å². The lowest BCUT2D eigenvalue weighted by atomic mass is 9.73. The van der Waals surface area contributed by atoms with Crippen LogP contribution >= 0.6 is 23.2 Å². The van der Waals surface area contributed by atoms with Crippen LogP contribution in [0.4, 0.5) is 14.5 Å². The van der Waals surface area contributed by atoms with Crippen LogP contribution in [-0.4, -0.2) is 40.6 Å². The molecule has 3 aliphatic rings. The quantitative estimate of drug-likeness (QED) is 0.350. The molecule has 2 aliphatic heterocycles. The number of halogens is 4. The second-order valence-electron chi connectivity index (χ2n) is 8.99. The van der Waals surface area contributed by atoms with Gasteiger partial charge in [-0.2, -0.15) is 0 Å². The third-order valence-corrected chi connectivity index (χ3v) is 7.74. The first-order chi connectivity index (χ1) is 16.2. The number of nitrogens with one attached hydrogen (secondary N) is 1. The fourth-order valence-electron chi connectivity index (χ4n) is 5.65. The van der Waals surface area contributed by atoms with Crippen molar-refractivity contribution in [3.05, 3.63) is 73.3 Å². The van der Waals surface area contributed by atoms with E-state index in [1.165, 1.54) is 24.3 Å². The van der Waals surface area contributed by atoms with Crippen LogP contribution in [0.5, 0.6) is 0 Å². The normalized spacial score (nSPS) is 28.2. The van der Waals surface area contributed by atoms with Crippen molar-refractivity contribution in [3.8, 4) is 0 Å². The SMILES string of the molecule is O=CC[C@H]1[C@@H]([N+](=O)[O-])[C@H](c2cccc(Cl)c2F)[C@]2(C(=O)Nc3cc(Cl)c(F)cc32)N1CC1CC1. The third-order valence-electron chi connectivity index (χ3n) is 7.15. The van der Waals surface area contributed by atoms with Gasteiger partial charge < -0.3 is 10.1 Å². The number of rotatable bonds is 6. The maximum absolute atomic E-state index is 15.4. The molecule has 1 saturated heterocycles. The monoisotopic (exact) mass is 509 g/mol. The van der Waals surface area contributed by atoms with Crippen LogP contribution in [0.25, 0.3) is 0 Å². The van der Waals surface area contributed by atoms with Crippen molar-refractivity contribution < 1.29 is 23.3 Å². The second kappa shape index (κ2) is 8.25. The van der Waals surface area contributed by atoms with Gasteiger partial charge in [-0.3, -0.25) is 19.8 Å². The van der Waals surface area contributed by atoms with E-state index in [9.17, 15) is 24.1 Å². The zero-order chi connectivity index (χ0) is 24.4. The van der Waals surface area contributed by atoms with Gasteiger partial charge >= 0.3 is 0 Å². The van der Waals surface area contributed by atoms with Gasteiger partial charge in [0.25, 0.3) is 5.91 Å². The first-order valence-electron chi connectivity index (χ1n) is 10.8. The minimum absolute atomic E-state index is 0.129. The molecule has 2 fully saturated rings. The highest BCUT2D eigenvalue weighted by molar-refractivity contribution is 6.31. The largest absolute Gasteiger partial charge is 0.324 e. The smallest absolute Gasteiger partial charge is 0.250 e. The van der Waals surface area contributed by atoms with E-state index in [2.05, 4.69) is 5.32 Å². The number of carbonyl (C=O) groups excluding carboxylic acids is 2. The molecule has 0 bridgehead atoms. The van der Waals surface area contributed by atoms with Crippen LogP contribution in [0.3, 0.4) is 0 Å². The van der Waals surface area contributed by atoms with Crippen molar-refractivity contribution in [2.24, 2.45) is 5.92 Å². The number of nitrogens with zero attached hydrogens (tertiary/aromatic N) is 2. The Bertz CT molecular complexity index is 1220. The van der Waals surface area contributed by atoms with Crippen molar-refractivity contribution in [1.82, 2.24) is 4.90 Å². The van der Waals surface area contributed by atoms with E-state index >= 15 is 4.39 Å². The van der Waals surface area contributed by atoms with Gasteiger partial charge in [0.15, 0.2) is 0 Å². The van der Waals surface area contributed by atoms with Crippen LogP contribution in [0.2, 0.25) is 10.0 Å². The van der Waals surface area contributed by atoms with Crippen molar-refractivity contribution >= 4 is 41.1 Å². The molecule has 1 amide bonds. The third kappa shape index (κ3) is 3.25. The molecule has 1 saturated carbocycles. The van der Waals surface area contributed by atoms with Gasteiger partial charge in [-0.05, 0) is 37.0 Å². The lowest BCUT2D eigenvalue weighted by Crippen LogP contribution is -2.52. The van der Waals surface area contributed by atoms with Crippen molar-refractivity contribution in [1.29, 1.82) is 0 Å². The summed E-state index contributed by atoms with van der Waals surface area (Å²) < 4.78 is 30.2. The summed E-state index contributed by atoms with van der Waals surface area (Å²) in [6.07, 6.45) is 2.01. The van der Waals surface area contributed by atoms with Gasteiger partial charge in [-0.15, -0.1) is 0 Å². The lowest BCUT2D eigenvalue weighted by Gasteiger charge is -2.38. The summed E-state index contributed by atoms with van der Waals surface area (Å²) in [7, 11) is 0. The Kier molecular flexibility index (Phi) is 5.61. The summed E-state index contributed by atoms with van der Waals surface area (Å²) in [5.41, 5.74) is -1.65. The van der Waals surface area contributed by atoms with Crippen molar-refractivity contribution in [2.45, 2.75) is 42.8 Å². The van der Waals surface area contributed by atoms with Crippen molar-refractivity contribution in [3.63, 3.8) is 0 Å². The van der Waals surface area contributed by atoms with Gasteiger partial charge in [0.2, 0.25) is 6.04 Å². The minimum Gasteiger partial charge on any atom is -0.324 e. The number of hydrogen-bond acceptors (Lipinski definition) is 5. The van der Waals surface area contributed by atoms with E-state index < -0.39 is 46.0 Å². The molecule has 5 rings (SSSR count). The molecule has 0 aromatic heterocycles. The maximum atomic E-state index is 15.4. The predicted molar refractivity (Wildman–Crippen MR) is 121 cm³/mol. The number of benzene rings is 2. The van der Waals surface area contributed by atoms with Gasteiger partial charge in [-0.1, -0.05) is 35.3 Å². The molecule has 4 atom stereocenters. The highest BCUT2D eigenvalue weighted by Crippen LogP contribution is 2.59. The highest BCUT2D eigenvalue weighted by Gasteiger charge is 2.71. The van der Waals surface area contributed by atoms with Crippen LogP contribution < -0.4 is 5.32 Å². The van der Waals surface area contributed by atoms with Gasteiger partial charge in [0.05, 0.1) is 22.0 Å². The molecule has 2 aromatic carbocycles. The molecule has 1 spiro atoms. The van der Waals surface area contributed by atoms with E-state index in [0.29, 0.717) is 6.29 Å². The Morgan fingerprint density at radius 3 is 2.62 bits per heavy atom. The molecule has 7 nitrogen and oxygen atoms in total. The minimum atomic E-state index is -1.83. The maximum Gasteiger partial charge on any atom is 0.250 e. The number of hydrogen-bond donors (Lipinski definition) is 1. The molecule has 0 radical (unpaired) electrons. The molecule has 11 heteroatoms. The van der Waals surface area contributed by atoms with Crippen LogP contribution in [0, 0.1) is 27.7 Å². The topological polar surface area (TPSA) is 92.5 Å². The first-order valence-corrected chi connectivity index (χ1v) is 11.6. The summed E-state index contributed by atoms with van der Waals surface area (Å²) in [5, 5.41) is 14.7. The standard InChI is InChI=1S/C23H19Cl2F2N3O4/c24-14-3-1-2-12(20(14)27)19-21(30(33)34)18(6-7-31)29(10-11-4-5-11)23(19)13-8-16(26)15(25)9-17(13)28-22(23)32/h1-3,7-9,11,18-19,21H,4-6,10H2,(H,28,32)/t18-,19-,21+,23+/m0/s1. The second-order valence-corrected chi connectivity index (χ2v) is 9.81. The zero-order valence-electron chi connectivity index (χ0n) is 17.6. The molecule has 178 valence electrons. The zero-order valence-corrected chi connectivity index (χ0v) is 19.2. The number of likely N-dealkylation sites (tertiary alicyclic amines) is 1. The highest BCUT2D eigenvalue weighted by atomic mass is 35.5. The summed E-state index contributed by atoms with van der Waals surface area (Å²) >= 11 is 12.0. The molecular weight excluding hydrogens is 491 g/mol. The number of carbonyl (C=O) groups is 2. The van der Waals surface area contributed by atoms with E-state index in [1.807, 2.05) is 0 Å². The number of aldehydes is 1. The fourth-order valence-corrected chi connectivity index (χ4v) is 5.99. The molecule has 2 aromatic rings. The van der Waals surface area contributed by atoms with E-state index in [-0.39, 0.29) is 45.7 Å². The summed E-state index contributed by atoms with van der Waals surface area (Å²) in [6, 6.07) is 3.86. The number of fused-ring (bicyclic) bond motifs is 2. The Morgan fingerprint density at radius 1 is 1.24 bits per heavy atom. The fraction of sp³-hybridized carbons (Fsp3) is 0.391. The number of nitro groups is 1.